The molecule has 1 aromatic carbocycles. The van der Waals surface area contributed by atoms with Crippen LogP contribution in [0.5, 0.6) is 5.75 Å². The Labute approximate surface area is 109 Å². The lowest BCUT2D eigenvalue weighted by Crippen LogP contribution is -2.07. The van der Waals surface area contributed by atoms with Crippen molar-refractivity contribution >= 4 is 11.6 Å². The molecule has 0 radical (unpaired) electrons. The number of rotatable bonds is 8. The standard InChI is InChI=1S/C14H22ClNO/c1-12-7-8-14(13(15)11-12)17-10-6-4-3-5-9-16-2/h7-8,11,16H,3-6,9-10H2,1-2H3. The summed E-state index contributed by atoms with van der Waals surface area (Å²) in [5.74, 6) is 0.799. The summed E-state index contributed by atoms with van der Waals surface area (Å²) in [6, 6.07) is 5.90. The number of ether oxygens (including phenoxy) is 1. The molecular weight excluding hydrogens is 234 g/mol. The fourth-order valence-corrected chi connectivity index (χ4v) is 1.95. The zero-order valence-corrected chi connectivity index (χ0v) is 11.5. The van der Waals surface area contributed by atoms with E-state index in [1.54, 1.807) is 0 Å². The first-order valence-electron chi connectivity index (χ1n) is 6.27. The SMILES string of the molecule is CNCCCCCCOc1ccc(C)cc1Cl. The summed E-state index contributed by atoms with van der Waals surface area (Å²) in [6.45, 7) is 3.88. The quantitative estimate of drug-likeness (QED) is 0.714. The minimum atomic E-state index is 0.709. The molecule has 0 unspecified atom stereocenters. The van der Waals surface area contributed by atoms with Gasteiger partial charge in [-0.25, -0.2) is 0 Å². The van der Waals surface area contributed by atoms with E-state index in [0.29, 0.717) is 5.02 Å². The zero-order valence-electron chi connectivity index (χ0n) is 10.8. The first-order valence-corrected chi connectivity index (χ1v) is 6.65. The van der Waals surface area contributed by atoms with Crippen molar-refractivity contribution in [1.82, 2.24) is 5.32 Å². The van der Waals surface area contributed by atoms with Crippen LogP contribution in [0.15, 0.2) is 18.2 Å². The van der Waals surface area contributed by atoms with Crippen molar-refractivity contribution in [3.63, 3.8) is 0 Å². The van der Waals surface area contributed by atoms with Gasteiger partial charge in [-0.1, -0.05) is 30.5 Å². The van der Waals surface area contributed by atoms with Gasteiger partial charge >= 0.3 is 0 Å². The van der Waals surface area contributed by atoms with E-state index in [-0.39, 0.29) is 0 Å². The molecule has 1 N–H and O–H groups in total. The Morgan fingerprint density at radius 1 is 1.18 bits per heavy atom. The number of aryl methyl sites for hydroxylation is 1. The number of unbranched alkanes of at least 4 members (excludes halogenated alkanes) is 3. The van der Waals surface area contributed by atoms with Gasteiger partial charge in [-0.15, -0.1) is 0 Å². The van der Waals surface area contributed by atoms with Gasteiger partial charge in [0.2, 0.25) is 0 Å². The maximum Gasteiger partial charge on any atom is 0.137 e. The van der Waals surface area contributed by atoms with Crippen LogP contribution in [0.4, 0.5) is 0 Å². The molecule has 0 heterocycles. The first-order chi connectivity index (χ1) is 8.24. The van der Waals surface area contributed by atoms with Gasteiger partial charge in [-0.05, 0) is 51.1 Å². The van der Waals surface area contributed by atoms with Gasteiger partial charge in [0, 0.05) is 0 Å². The smallest absolute Gasteiger partial charge is 0.137 e. The van der Waals surface area contributed by atoms with Crippen LogP contribution in [0.2, 0.25) is 5.02 Å². The highest BCUT2D eigenvalue weighted by Gasteiger charge is 2.00. The lowest BCUT2D eigenvalue weighted by Gasteiger charge is -2.08. The van der Waals surface area contributed by atoms with E-state index in [1.165, 1.54) is 19.3 Å². The molecule has 1 aromatic rings. The van der Waals surface area contributed by atoms with Crippen molar-refractivity contribution in [2.45, 2.75) is 32.6 Å². The molecule has 0 aliphatic heterocycles. The van der Waals surface area contributed by atoms with Crippen LogP contribution in [0, 0.1) is 6.92 Å². The van der Waals surface area contributed by atoms with Crippen molar-refractivity contribution in [2.24, 2.45) is 0 Å². The average Bonchev–Trinajstić information content (AvgIpc) is 2.30. The Balaban J connectivity index is 2.14. The molecule has 0 aliphatic rings. The molecule has 0 aliphatic carbocycles. The number of halogens is 1. The van der Waals surface area contributed by atoms with Crippen LogP contribution in [-0.4, -0.2) is 20.2 Å². The minimum absolute atomic E-state index is 0.709. The van der Waals surface area contributed by atoms with E-state index in [1.807, 2.05) is 32.2 Å². The van der Waals surface area contributed by atoms with Crippen LogP contribution in [0.1, 0.15) is 31.2 Å². The number of hydrogen-bond donors (Lipinski definition) is 1. The summed E-state index contributed by atoms with van der Waals surface area (Å²) >= 11 is 6.08. The van der Waals surface area contributed by atoms with E-state index in [4.69, 9.17) is 16.3 Å². The molecule has 0 atom stereocenters. The summed E-state index contributed by atoms with van der Waals surface area (Å²) in [6.07, 6.45) is 4.80. The van der Waals surface area contributed by atoms with Gasteiger partial charge in [-0.2, -0.15) is 0 Å². The summed E-state index contributed by atoms with van der Waals surface area (Å²) in [4.78, 5) is 0. The average molecular weight is 256 g/mol. The summed E-state index contributed by atoms with van der Waals surface area (Å²) in [5.41, 5.74) is 1.16. The van der Waals surface area contributed by atoms with Crippen LogP contribution < -0.4 is 10.1 Å². The molecule has 0 aromatic heterocycles. The van der Waals surface area contributed by atoms with Crippen LogP contribution in [-0.2, 0) is 0 Å². The molecule has 1 rings (SSSR count). The monoisotopic (exact) mass is 255 g/mol. The molecule has 0 spiro atoms. The fraction of sp³-hybridized carbons (Fsp3) is 0.571. The van der Waals surface area contributed by atoms with Crippen molar-refractivity contribution in [3.05, 3.63) is 28.8 Å². The predicted octanol–water partition coefficient (Wildman–Crippen LogP) is 3.81. The third-order valence-corrected chi connectivity index (χ3v) is 2.96. The fourth-order valence-electron chi connectivity index (χ4n) is 1.66. The lowest BCUT2D eigenvalue weighted by molar-refractivity contribution is 0.304. The zero-order chi connectivity index (χ0) is 12.5. The maximum absolute atomic E-state index is 6.08. The molecule has 0 fully saturated rings. The molecule has 0 saturated carbocycles. The van der Waals surface area contributed by atoms with Gasteiger partial charge in [-0.3, -0.25) is 0 Å². The molecule has 0 bridgehead atoms. The highest BCUT2D eigenvalue weighted by atomic mass is 35.5. The molecule has 0 amide bonds. The predicted molar refractivity (Wildman–Crippen MR) is 74.1 cm³/mol. The normalized spacial score (nSPS) is 10.5. The molecule has 17 heavy (non-hydrogen) atoms. The van der Waals surface area contributed by atoms with E-state index < -0.39 is 0 Å². The van der Waals surface area contributed by atoms with Crippen molar-refractivity contribution in [3.8, 4) is 5.75 Å². The molecule has 0 saturated heterocycles. The van der Waals surface area contributed by atoms with Crippen LogP contribution in [0.25, 0.3) is 0 Å². The van der Waals surface area contributed by atoms with Gasteiger partial charge in [0.05, 0.1) is 11.6 Å². The second-order valence-electron chi connectivity index (χ2n) is 4.30. The largest absolute Gasteiger partial charge is 0.492 e. The van der Waals surface area contributed by atoms with Crippen LogP contribution >= 0.6 is 11.6 Å². The van der Waals surface area contributed by atoms with Crippen molar-refractivity contribution in [1.29, 1.82) is 0 Å². The van der Waals surface area contributed by atoms with Crippen molar-refractivity contribution in [2.75, 3.05) is 20.2 Å². The third kappa shape index (κ3) is 5.94. The van der Waals surface area contributed by atoms with Gasteiger partial charge in [0.25, 0.3) is 0 Å². The summed E-state index contributed by atoms with van der Waals surface area (Å²) < 4.78 is 5.65. The third-order valence-electron chi connectivity index (χ3n) is 2.67. The van der Waals surface area contributed by atoms with E-state index >= 15 is 0 Å². The van der Waals surface area contributed by atoms with Crippen LogP contribution in [0.3, 0.4) is 0 Å². The van der Waals surface area contributed by atoms with Gasteiger partial charge in [0.15, 0.2) is 0 Å². The van der Waals surface area contributed by atoms with E-state index in [2.05, 4.69) is 5.32 Å². The minimum Gasteiger partial charge on any atom is -0.492 e. The molecule has 96 valence electrons. The molecule has 2 nitrogen and oxygen atoms in total. The Kier molecular flexibility index (Phi) is 7.06. The number of benzene rings is 1. The Morgan fingerprint density at radius 2 is 1.94 bits per heavy atom. The maximum atomic E-state index is 6.08. The Bertz CT molecular complexity index is 328. The van der Waals surface area contributed by atoms with E-state index in [0.717, 1.165) is 30.9 Å². The summed E-state index contributed by atoms with van der Waals surface area (Å²) in [5, 5.41) is 3.86. The lowest BCUT2D eigenvalue weighted by atomic mass is 10.2. The Morgan fingerprint density at radius 3 is 2.65 bits per heavy atom. The highest BCUT2D eigenvalue weighted by Crippen LogP contribution is 2.25. The second kappa shape index (κ2) is 8.37. The molecular formula is C14H22ClNO. The Hall–Kier alpha value is -0.730. The number of nitrogens with one attached hydrogen (secondary N) is 1. The first kappa shape index (κ1) is 14.3. The second-order valence-corrected chi connectivity index (χ2v) is 4.71. The number of hydrogen-bond acceptors (Lipinski definition) is 2. The van der Waals surface area contributed by atoms with Gasteiger partial charge < -0.3 is 10.1 Å². The topological polar surface area (TPSA) is 21.3 Å². The molecule has 3 heteroatoms. The van der Waals surface area contributed by atoms with Crippen molar-refractivity contribution < 1.29 is 4.74 Å². The highest BCUT2D eigenvalue weighted by molar-refractivity contribution is 6.32. The van der Waals surface area contributed by atoms with E-state index in [9.17, 15) is 0 Å². The summed E-state index contributed by atoms with van der Waals surface area (Å²) in [7, 11) is 1.99. The van der Waals surface area contributed by atoms with Gasteiger partial charge in [0.1, 0.15) is 5.75 Å².